The Morgan fingerprint density at radius 3 is 2.31 bits per heavy atom. The van der Waals surface area contributed by atoms with Gasteiger partial charge < -0.3 is 4.74 Å². The van der Waals surface area contributed by atoms with Crippen molar-refractivity contribution in [2.45, 2.75) is 26.7 Å². The molecule has 72 valence electrons. The first-order valence-electron chi connectivity index (χ1n) is 4.65. The molecule has 0 radical (unpaired) electrons. The summed E-state index contributed by atoms with van der Waals surface area (Å²) in [6.45, 7) is 6.60. The molecule has 2 nitrogen and oxygen atoms in total. The van der Waals surface area contributed by atoms with Crippen LogP contribution in [-0.2, 0) is 0 Å². The van der Waals surface area contributed by atoms with Crippen LogP contribution in [0.15, 0.2) is 18.3 Å². The third-order valence-corrected chi connectivity index (χ3v) is 2.46. The fraction of sp³-hybridized carbons (Fsp3) is 0.545. The van der Waals surface area contributed by atoms with E-state index in [4.69, 9.17) is 4.74 Å². The van der Waals surface area contributed by atoms with E-state index < -0.39 is 0 Å². The summed E-state index contributed by atoms with van der Waals surface area (Å²) in [5, 5.41) is 0. The van der Waals surface area contributed by atoms with Gasteiger partial charge in [-0.25, -0.2) is 0 Å². The van der Waals surface area contributed by atoms with Gasteiger partial charge in [-0.05, 0) is 18.1 Å². The van der Waals surface area contributed by atoms with Crippen molar-refractivity contribution < 1.29 is 4.74 Å². The summed E-state index contributed by atoms with van der Waals surface area (Å²) in [5.74, 6) is 1.95. The molecule has 1 atom stereocenters. The van der Waals surface area contributed by atoms with Gasteiger partial charge in [0.1, 0.15) is 5.75 Å². The Kier molecular flexibility index (Phi) is 3.29. The van der Waals surface area contributed by atoms with Crippen LogP contribution in [0.25, 0.3) is 0 Å². The van der Waals surface area contributed by atoms with Crippen molar-refractivity contribution in [2.75, 3.05) is 7.11 Å². The number of hydrogen-bond acceptors (Lipinski definition) is 2. The molecular formula is C11H17NO. The molecular weight excluding hydrogens is 162 g/mol. The number of rotatable bonds is 3. The van der Waals surface area contributed by atoms with E-state index in [1.54, 1.807) is 13.3 Å². The van der Waals surface area contributed by atoms with Crippen molar-refractivity contribution in [3.63, 3.8) is 0 Å². The predicted octanol–water partition coefficient (Wildman–Crippen LogP) is 2.85. The van der Waals surface area contributed by atoms with Crippen molar-refractivity contribution in [1.29, 1.82) is 0 Å². The molecule has 0 aromatic carbocycles. The Bertz CT molecular complexity index is 253. The summed E-state index contributed by atoms with van der Waals surface area (Å²) in [4.78, 5) is 4.35. The molecule has 0 saturated carbocycles. The number of ether oxygens (including phenoxy) is 1. The molecule has 0 aliphatic rings. The van der Waals surface area contributed by atoms with Gasteiger partial charge in [0.05, 0.1) is 13.3 Å². The first-order chi connectivity index (χ1) is 6.15. The highest BCUT2D eigenvalue weighted by atomic mass is 16.5. The molecule has 0 aliphatic heterocycles. The molecule has 0 bridgehead atoms. The zero-order valence-electron chi connectivity index (χ0n) is 8.74. The molecule has 0 aliphatic carbocycles. The van der Waals surface area contributed by atoms with Crippen molar-refractivity contribution in [1.82, 2.24) is 4.98 Å². The molecule has 1 aromatic heterocycles. The fourth-order valence-corrected chi connectivity index (χ4v) is 1.12. The number of methoxy groups -OCH3 is 1. The van der Waals surface area contributed by atoms with Crippen LogP contribution in [0.4, 0.5) is 0 Å². The van der Waals surface area contributed by atoms with Crippen LogP contribution in [0.2, 0.25) is 0 Å². The van der Waals surface area contributed by atoms with Gasteiger partial charge in [-0.1, -0.05) is 20.8 Å². The minimum Gasteiger partial charge on any atom is -0.495 e. The third kappa shape index (κ3) is 2.44. The third-order valence-electron chi connectivity index (χ3n) is 2.46. The molecule has 0 amide bonds. The second-order valence-corrected chi connectivity index (χ2v) is 3.66. The predicted molar refractivity (Wildman–Crippen MR) is 54.0 cm³/mol. The van der Waals surface area contributed by atoms with E-state index in [-0.39, 0.29) is 0 Å². The Morgan fingerprint density at radius 1 is 1.23 bits per heavy atom. The van der Waals surface area contributed by atoms with Crippen molar-refractivity contribution in [3.8, 4) is 5.75 Å². The van der Waals surface area contributed by atoms with E-state index in [0.29, 0.717) is 11.8 Å². The Labute approximate surface area is 80.0 Å². The zero-order chi connectivity index (χ0) is 9.84. The normalized spacial score (nSPS) is 13.0. The van der Waals surface area contributed by atoms with Gasteiger partial charge in [-0.3, -0.25) is 4.98 Å². The van der Waals surface area contributed by atoms with Crippen LogP contribution in [0.1, 0.15) is 32.4 Å². The van der Waals surface area contributed by atoms with E-state index >= 15 is 0 Å². The lowest BCUT2D eigenvalue weighted by molar-refractivity contribution is 0.411. The lowest BCUT2D eigenvalue weighted by Crippen LogP contribution is -2.04. The summed E-state index contributed by atoms with van der Waals surface area (Å²) < 4.78 is 5.05. The molecule has 0 fully saturated rings. The largest absolute Gasteiger partial charge is 0.495 e. The summed E-state index contributed by atoms with van der Waals surface area (Å²) in [5.41, 5.74) is 1.14. The average Bonchev–Trinajstić information content (AvgIpc) is 2.17. The van der Waals surface area contributed by atoms with Gasteiger partial charge in [0.15, 0.2) is 0 Å². The van der Waals surface area contributed by atoms with Gasteiger partial charge in [0.2, 0.25) is 0 Å². The highest BCUT2D eigenvalue weighted by Crippen LogP contribution is 2.22. The molecule has 1 rings (SSSR count). The molecule has 1 heterocycles. The van der Waals surface area contributed by atoms with Crippen LogP contribution < -0.4 is 4.74 Å². The maximum Gasteiger partial charge on any atom is 0.137 e. The van der Waals surface area contributed by atoms with Crippen LogP contribution >= 0.6 is 0 Å². The number of aromatic nitrogens is 1. The minimum absolute atomic E-state index is 0.505. The van der Waals surface area contributed by atoms with Crippen molar-refractivity contribution in [3.05, 3.63) is 24.0 Å². The number of hydrogen-bond donors (Lipinski definition) is 0. The van der Waals surface area contributed by atoms with Gasteiger partial charge in [0.25, 0.3) is 0 Å². The van der Waals surface area contributed by atoms with E-state index in [9.17, 15) is 0 Å². The zero-order valence-corrected chi connectivity index (χ0v) is 8.74. The molecule has 2 heteroatoms. The molecule has 13 heavy (non-hydrogen) atoms. The standard InChI is InChI=1S/C11H17NO/c1-8(2)9(3)11-6-5-10(13-4)7-12-11/h5-9H,1-4H3/t9-/m0/s1. The average molecular weight is 179 g/mol. The maximum absolute atomic E-state index is 5.05. The summed E-state index contributed by atoms with van der Waals surface area (Å²) in [6.07, 6.45) is 1.77. The monoisotopic (exact) mass is 179 g/mol. The topological polar surface area (TPSA) is 22.1 Å². The van der Waals surface area contributed by atoms with E-state index in [0.717, 1.165) is 11.4 Å². The lowest BCUT2D eigenvalue weighted by Gasteiger charge is -2.14. The number of pyridine rings is 1. The highest BCUT2D eigenvalue weighted by molar-refractivity contribution is 5.21. The second-order valence-electron chi connectivity index (χ2n) is 3.66. The SMILES string of the molecule is COc1ccc([C@@H](C)C(C)C)nc1. The van der Waals surface area contributed by atoms with Crippen LogP contribution in [0, 0.1) is 5.92 Å². The Morgan fingerprint density at radius 2 is 1.92 bits per heavy atom. The van der Waals surface area contributed by atoms with Gasteiger partial charge >= 0.3 is 0 Å². The molecule has 1 aromatic rings. The first kappa shape index (κ1) is 10.0. The van der Waals surface area contributed by atoms with Crippen molar-refractivity contribution in [2.24, 2.45) is 5.92 Å². The highest BCUT2D eigenvalue weighted by Gasteiger charge is 2.10. The molecule has 0 spiro atoms. The first-order valence-corrected chi connectivity index (χ1v) is 4.65. The summed E-state index contributed by atoms with van der Waals surface area (Å²) in [7, 11) is 1.66. The quantitative estimate of drug-likeness (QED) is 0.711. The maximum atomic E-state index is 5.05. The van der Waals surface area contributed by atoms with Gasteiger partial charge in [-0.15, -0.1) is 0 Å². The second kappa shape index (κ2) is 4.26. The Balaban J connectivity index is 2.79. The van der Waals surface area contributed by atoms with Crippen LogP contribution in [0.3, 0.4) is 0 Å². The van der Waals surface area contributed by atoms with Gasteiger partial charge in [-0.2, -0.15) is 0 Å². The van der Waals surface area contributed by atoms with E-state index in [1.165, 1.54) is 0 Å². The van der Waals surface area contributed by atoms with E-state index in [1.807, 2.05) is 12.1 Å². The minimum atomic E-state index is 0.505. The van der Waals surface area contributed by atoms with Crippen molar-refractivity contribution >= 4 is 0 Å². The summed E-state index contributed by atoms with van der Waals surface area (Å²) in [6, 6.07) is 3.99. The van der Waals surface area contributed by atoms with Crippen LogP contribution in [0.5, 0.6) is 5.75 Å². The van der Waals surface area contributed by atoms with Gasteiger partial charge in [0, 0.05) is 11.6 Å². The van der Waals surface area contributed by atoms with E-state index in [2.05, 4.69) is 25.8 Å². The molecule has 0 N–H and O–H groups in total. The molecule has 0 saturated heterocycles. The smallest absolute Gasteiger partial charge is 0.137 e. The molecule has 0 unspecified atom stereocenters. The lowest BCUT2D eigenvalue weighted by atomic mass is 9.94. The Hall–Kier alpha value is -1.05. The fourth-order valence-electron chi connectivity index (χ4n) is 1.12. The number of nitrogens with zero attached hydrogens (tertiary/aromatic N) is 1. The van der Waals surface area contributed by atoms with Crippen LogP contribution in [-0.4, -0.2) is 12.1 Å². The summed E-state index contributed by atoms with van der Waals surface area (Å²) >= 11 is 0.